The van der Waals surface area contributed by atoms with E-state index in [-0.39, 0.29) is 0 Å². The van der Waals surface area contributed by atoms with E-state index in [4.69, 9.17) is 9.97 Å². The maximum absolute atomic E-state index is 4.94. The van der Waals surface area contributed by atoms with Gasteiger partial charge in [0, 0.05) is 43.3 Å². The fourth-order valence-corrected chi connectivity index (χ4v) is 4.59. The molecule has 0 saturated carbocycles. The smallest absolute Gasteiger partial charge is 0.161 e. The van der Waals surface area contributed by atoms with E-state index in [9.17, 15) is 0 Å². The van der Waals surface area contributed by atoms with Gasteiger partial charge in [0.15, 0.2) is 17.3 Å². The first-order valence-corrected chi connectivity index (χ1v) is 11.8. The Balaban J connectivity index is 1.41. The van der Waals surface area contributed by atoms with E-state index in [0.717, 1.165) is 57.9 Å². The summed E-state index contributed by atoms with van der Waals surface area (Å²) in [5.41, 5.74) is 6.91. The predicted octanol–water partition coefficient (Wildman–Crippen LogP) is 4.77. The van der Waals surface area contributed by atoms with E-state index in [2.05, 4.69) is 55.3 Å². The number of piperidine rings is 1. The standard InChI is InChI=1S/C25H27N9/c1-15(2)28-17-12-16(13-26-14-17)18-6-7-20-21(29-18)23(33-32-20)24-30-19-8-9-27-25(22(19)31-24)34-10-4-3-5-11-34/h6-9,12-15,28H,3-5,10-11H2,1-2H3,(H,30,31)(H,32,33). The number of imidazole rings is 1. The Morgan fingerprint density at radius 3 is 2.71 bits per heavy atom. The molecule has 0 amide bonds. The second-order valence-electron chi connectivity index (χ2n) is 9.09. The summed E-state index contributed by atoms with van der Waals surface area (Å²) in [5, 5.41) is 11.0. The van der Waals surface area contributed by atoms with E-state index in [1.165, 1.54) is 19.3 Å². The molecule has 6 rings (SSSR count). The number of nitrogens with one attached hydrogen (secondary N) is 3. The van der Waals surface area contributed by atoms with Crippen LogP contribution in [-0.2, 0) is 0 Å². The first-order chi connectivity index (χ1) is 16.7. The SMILES string of the molecule is CC(C)Nc1cncc(-c2ccc3[nH]nc(-c4nc5c(N6CCCCC6)nccc5[nH]4)c3n2)c1. The number of nitrogens with zero attached hydrogens (tertiary/aromatic N) is 6. The van der Waals surface area contributed by atoms with Gasteiger partial charge in [0.05, 0.1) is 22.4 Å². The van der Waals surface area contributed by atoms with Gasteiger partial charge in [-0.3, -0.25) is 10.1 Å². The molecule has 5 aromatic heterocycles. The normalized spacial score (nSPS) is 14.4. The van der Waals surface area contributed by atoms with Gasteiger partial charge in [0.1, 0.15) is 11.0 Å². The van der Waals surface area contributed by atoms with Gasteiger partial charge in [0.2, 0.25) is 0 Å². The second-order valence-corrected chi connectivity index (χ2v) is 9.09. The van der Waals surface area contributed by atoms with E-state index >= 15 is 0 Å². The van der Waals surface area contributed by atoms with Crippen molar-refractivity contribution in [1.82, 2.24) is 35.1 Å². The molecule has 3 N–H and O–H groups in total. The van der Waals surface area contributed by atoms with Crippen LogP contribution in [0.5, 0.6) is 0 Å². The molecule has 0 spiro atoms. The Bertz CT molecular complexity index is 1460. The average molecular weight is 454 g/mol. The molecule has 1 aliphatic heterocycles. The Labute approximate surface area is 197 Å². The van der Waals surface area contributed by atoms with Crippen LogP contribution in [0.25, 0.3) is 44.8 Å². The molecule has 1 aliphatic rings. The molecule has 0 aliphatic carbocycles. The summed E-state index contributed by atoms with van der Waals surface area (Å²) in [6.07, 6.45) is 9.16. The number of hydrogen-bond acceptors (Lipinski definition) is 7. The Kier molecular flexibility index (Phi) is 5.09. The van der Waals surface area contributed by atoms with Crippen molar-refractivity contribution in [2.24, 2.45) is 0 Å². The van der Waals surface area contributed by atoms with Crippen molar-refractivity contribution in [1.29, 1.82) is 0 Å². The number of aromatic nitrogens is 7. The molecule has 9 heteroatoms. The summed E-state index contributed by atoms with van der Waals surface area (Å²) >= 11 is 0. The molecule has 5 aromatic rings. The average Bonchev–Trinajstić information content (AvgIpc) is 3.48. The number of fused-ring (bicyclic) bond motifs is 2. The molecule has 6 heterocycles. The Morgan fingerprint density at radius 1 is 0.971 bits per heavy atom. The number of hydrogen-bond donors (Lipinski definition) is 3. The number of anilines is 2. The van der Waals surface area contributed by atoms with Crippen molar-refractivity contribution >= 4 is 33.6 Å². The van der Waals surface area contributed by atoms with E-state index in [1.807, 2.05) is 36.8 Å². The number of rotatable bonds is 5. The molecule has 1 fully saturated rings. The van der Waals surface area contributed by atoms with Crippen LogP contribution in [0.3, 0.4) is 0 Å². The van der Waals surface area contributed by atoms with Crippen LogP contribution in [0.2, 0.25) is 0 Å². The zero-order valence-corrected chi connectivity index (χ0v) is 19.3. The lowest BCUT2D eigenvalue weighted by molar-refractivity contribution is 0.574. The van der Waals surface area contributed by atoms with Crippen molar-refractivity contribution in [3.8, 4) is 22.8 Å². The van der Waals surface area contributed by atoms with Crippen molar-refractivity contribution < 1.29 is 0 Å². The van der Waals surface area contributed by atoms with Crippen LogP contribution in [0.4, 0.5) is 11.5 Å². The van der Waals surface area contributed by atoms with Crippen LogP contribution < -0.4 is 10.2 Å². The number of aromatic amines is 2. The lowest BCUT2D eigenvalue weighted by atomic mass is 10.1. The first kappa shape index (κ1) is 20.6. The highest BCUT2D eigenvalue weighted by Crippen LogP contribution is 2.31. The topological polar surface area (TPSA) is 111 Å². The molecule has 0 radical (unpaired) electrons. The van der Waals surface area contributed by atoms with Crippen molar-refractivity contribution in [3.05, 3.63) is 42.9 Å². The van der Waals surface area contributed by atoms with E-state index in [0.29, 0.717) is 17.6 Å². The lowest BCUT2D eigenvalue weighted by Gasteiger charge is -2.27. The first-order valence-electron chi connectivity index (χ1n) is 11.8. The molecular formula is C25H27N9. The highest BCUT2D eigenvalue weighted by molar-refractivity contribution is 5.94. The fourth-order valence-electron chi connectivity index (χ4n) is 4.59. The molecule has 0 atom stereocenters. The predicted molar refractivity (Wildman–Crippen MR) is 135 cm³/mol. The van der Waals surface area contributed by atoms with Crippen molar-refractivity contribution in [2.45, 2.75) is 39.2 Å². The summed E-state index contributed by atoms with van der Waals surface area (Å²) in [5.74, 6) is 1.62. The summed E-state index contributed by atoms with van der Waals surface area (Å²) in [7, 11) is 0. The third-order valence-corrected chi connectivity index (χ3v) is 6.16. The van der Waals surface area contributed by atoms with Gasteiger partial charge in [-0.2, -0.15) is 5.10 Å². The van der Waals surface area contributed by atoms with Crippen LogP contribution >= 0.6 is 0 Å². The van der Waals surface area contributed by atoms with Gasteiger partial charge in [-0.1, -0.05) is 0 Å². The lowest BCUT2D eigenvalue weighted by Crippen LogP contribution is -2.30. The van der Waals surface area contributed by atoms with Crippen molar-refractivity contribution in [2.75, 3.05) is 23.3 Å². The quantitative estimate of drug-likeness (QED) is 0.351. The number of H-pyrrole nitrogens is 2. The van der Waals surface area contributed by atoms with Gasteiger partial charge in [0.25, 0.3) is 0 Å². The molecule has 9 nitrogen and oxygen atoms in total. The van der Waals surface area contributed by atoms with Gasteiger partial charge in [-0.25, -0.2) is 15.0 Å². The van der Waals surface area contributed by atoms with Gasteiger partial charge in [-0.15, -0.1) is 0 Å². The van der Waals surface area contributed by atoms with Crippen LogP contribution in [-0.4, -0.2) is 54.2 Å². The minimum atomic E-state index is 0.324. The summed E-state index contributed by atoms with van der Waals surface area (Å²) in [6.45, 7) is 6.25. The summed E-state index contributed by atoms with van der Waals surface area (Å²) in [4.78, 5) is 24.7. The molecule has 1 saturated heterocycles. The highest BCUT2D eigenvalue weighted by Gasteiger charge is 2.20. The molecule has 0 bridgehead atoms. The highest BCUT2D eigenvalue weighted by atomic mass is 15.2. The maximum atomic E-state index is 4.94. The third kappa shape index (κ3) is 3.72. The number of pyridine rings is 3. The molecule has 0 unspecified atom stereocenters. The fraction of sp³-hybridized carbons (Fsp3) is 0.320. The second kappa shape index (κ2) is 8.40. The van der Waals surface area contributed by atoms with Gasteiger partial charge < -0.3 is 15.2 Å². The molecule has 34 heavy (non-hydrogen) atoms. The maximum Gasteiger partial charge on any atom is 0.161 e. The summed E-state index contributed by atoms with van der Waals surface area (Å²) in [6, 6.07) is 8.34. The van der Waals surface area contributed by atoms with Gasteiger partial charge in [-0.05, 0) is 57.4 Å². The van der Waals surface area contributed by atoms with E-state index in [1.54, 1.807) is 0 Å². The minimum Gasteiger partial charge on any atom is -0.382 e. The monoisotopic (exact) mass is 453 g/mol. The third-order valence-electron chi connectivity index (χ3n) is 6.16. The van der Waals surface area contributed by atoms with Crippen molar-refractivity contribution in [3.63, 3.8) is 0 Å². The Hall–Kier alpha value is -4.01. The molecular weight excluding hydrogens is 426 g/mol. The van der Waals surface area contributed by atoms with Crippen LogP contribution in [0, 0.1) is 0 Å². The zero-order chi connectivity index (χ0) is 23.1. The van der Waals surface area contributed by atoms with E-state index < -0.39 is 0 Å². The molecule has 172 valence electrons. The molecule has 0 aromatic carbocycles. The largest absolute Gasteiger partial charge is 0.382 e. The van der Waals surface area contributed by atoms with Gasteiger partial charge >= 0.3 is 0 Å². The van der Waals surface area contributed by atoms with Crippen LogP contribution in [0.15, 0.2) is 42.9 Å². The van der Waals surface area contributed by atoms with Crippen LogP contribution in [0.1, 0.15) is 33.1 Å². The Morgan fingerprint density at radius 2 is 1.85 bits per heavy atom. The summed E-state index contributed by atoms with van der Waals surface area (Å²) < 4.78 is 0. The zero-order valence-electron chi connectivity index (χ0n) is 19.3. The minimum absolute atomic E-state index is 0.324.